The van der Waals surface area contributed by atoms with Crippen molar-refractivity contribution in [1.82, 2.24) is 15.1 Å². The van der Waals surface area contributed by atoms with Gasteiger partial charge in [-0.3, -0.25) is 34.3 Å². The number of phenolic OH excluding ortho intramolecular Hbond substituents is 1. The Balaban J connectivity index is 0.909. The Morgan fingerprint density at radius 1 is 0.780 bits per heavy atom. The molecule has 4 amide bonds. The molecule has 0 spiro atoms. The maximum absolute atomic E-state index is 15.7. The zero-order chi connectivity index (χ0) is 41.4. The van der Waals surface area contributed by atoms with Gasteiger partial charge in [-0.2, -0.15) is 0 Å². The van der Waals surface area contributed by atoms with Gasteiger partial charge in [0, 0.05) is 62.8 Å². The van der Waals surface area contributed by atoms with Crippen LogP contribution in [0.1, 0.15) is 83.4 Å². The lowest BCUT2D eigenvalue weighted by Gasteiger charge is -2.47. The molecule has 4 aliphatic heterocycles. The smallest absolute Gasteiger partial charge is 0.262 e. The molecule has 0 radical (unpaired) electrons. The van der Waals surface area contributed by atoms with Gasteiger partial charge in [-0.15, -0.1) is 11.6 Å². The van der Waals surface area contributed by atoms with Crippen molar-refractivity contribution in [2.75, 3.05) is 48.4 Å². The summed E-state index contributed by atoms with van der Waals surface area (Å²) >= 11 is 6.36. The first-order valence-electron chi connectivity index (χ1n) is 20.6. The molecule has 306 valence electrons. The monoisotopic (exact) mass is 817 g/mol. The maximum atomic E-state index is 15.7. The van der Waals surface area contributed by atoms with Gasteiger partial charge in [0.25, 0.3) is 11.8 Å². The van der Waals surface area contributed by atoms with Gasteiger partial charge >= 0.3 is 0 Å². The Hall–Kier alpha value is -5.52. The number of aromatic hydroxyl groups is 1. The first-order valence-corrected chi connectivity index (χ1v) is 21.1. The second kappa shape index (κ2) is 17.0. The van der Waals surface area contributed by atoms with Crippen molar-refractivity contribution >= 4 is 57.8 Å². The summed E-state index contributed by atoms with van der Waals surface area (Å²) in [4.78, 5) is 58.7. The molecule has 0 saturated carbocycles. The number of amides is 4. The largest absolute Gasteiger partial charge is 0.508 e. The molecule has 3 atom stereocenters. The van der Waals surface area contributed by atoms with E-state index < -0.39 is 35.5 Å². The molecule has 0 aliphatic carbocycles. The van der Waals surface area contributed by atoms with Crippen LogP contribution in [0, 0.1) is 11.7 Å². The second-order valence-electron chi connectivity index (χ2n) is 16.3. The van der Waals surface area contributed by atoms with Gasteiger partial charge in [0.1, 0.15) is 17.6 Å². The number of imide groups is 2. The van der Waals surface area contributed by atoms with E-state index in [-0.39, 0.29) is 47.5 Å². The number of hydrogen-bond donors (Lipinski definition) is 2. The number of nitrogens with zero attached hydrogens (tertiary/aromatic N) is 4. The SMILES string of the molecule is CC1CN(c2cc3c(cc2F)C(=O)N(C2CCC(=O)NC2=O)C3=O)CC(C)N1CC1CCN(c2ccc(C(=C(CCCl)c3ccccc3)c3ccc(O)cc3)cc2)CC1. The molecule has 4 aliphatic rings. The van der Waals surface area contributed by atoms with Gasteiger partial charge in [0.15, 0.2) is 0 Å². The molecular formula is C47H49ClFN5O5. The Labute approximate surface area is 349 Å². The molecule has 0 aromatic heterocycles. The average molecular weight is 818 g/mol. The van der Waals surface area contributed by atoms with Crippen LogP contribution in [-0.4, -0.2) is 95.3 Å². The van der Waals surface area contributed by atoms with E-state index in [0.717, 1.165) is 71.3 Å². The fraction of sp³-hybridized carbons (Fsp3) is 0.362. The van der Waals surface area contributed by atoms with Gasteiger partial charge in [0.2, 0.25) is 11.8 Å². The predicted octanol–water partition coefficient (Wildman–Crippen LogP) is 7.34. The van der Waals surface area contributed by atoms with Crippen molar-refractivity contribution in [3.63, 3.8) is 0 Å². The number of hydrogen-bond acceptors (Lipinski definition) is 8. The van der Waals surface area contributed by atoms with E-state index >= 15 is 4.39 Å². The highest BCUT2D eigenvalue weighted by atomic mass is 35.5. The Morgan fingerprint density at radius 3 is 2.00 bits per heavy atom. The Bertz CT molecular complexity index is 2260. The van der Waals surface area contributed by atoms with E-state index in [9.17, 15) is 24.3 Å². The number of phenols is 1. The molecule has 8 rings (SSSR count). The average Bonchev–Trinajstić information content (AvgIpc) is 3.47. The van der Waals surface area contributed by atoms with Crippen molar-refractivity contribution in [2.24, 2.45) is 5.92 Å². The lowest BCUT2D eigenvalue weighted by molar-refractivity contribution is -0.136. The minimum absolute atomic E-state index is 0.0194. The highest BCUT2D eigenvalue weighted by Crippen LogP contribution is 2.38. The van der Waals surface area contributed by atoms with Crippen LogP contribution in [0.25, 0.3) is 11.1 Å². The number of piperidine rings is 2. The third kappa shape index (κ3) is 8.10. The summed E-state index contributed by atoms with van der Waals surface area (Å²) in [5.41, 5.74) is 6.97. The molecule has 0 bridgehead atoms. The molecule has 3 fully saturated rings. The zero-order valence-corrected chi connectivity index (χ0v) is 34.1. The number of alkyl halides is 1. The number of carbonyl (C=O) groups is 4. The van der Waals surface area contributed by atoms with Crippen LogP contribution < -0.4 is 15.1 Å². The Kier molecular flexibility index (Phi) is 11.6. The van der Waals surface area contributed by atoms with Gasteiger partial charge in [0.05, 0.1) is 16.8 Å². The molecule has 4 aromatic rings. The molecule has 4 aromatic carbocycles. The fourth-order valence-corrected chi connectivity index (χ4v) is 9.63. The molecule has 3 unspecified atom stereocenters. The molecule has 10 nitrogen and oxygen atoms in total. The number of piperazine rings is 1. The molecule has 4 heterocycles. The van der Waals surface area contributed by atoms with Gasteiger partial charge in [-0.25, -0.2) is 4.39 Å². The number of anilines is 2. The lowest BCUT2D eigenvalue weighted by atomic mass is 9.88. The molecule has 2 N–H and O–H groups in total. The minimum Gasteiger partial charge on any atom is -0.508 e. The van der Waals surface area contributed by atoms with Gasteiger partial charge in [-0.1, -0.05) is 54.6 Å². The van der Waals surface area contributed by atoms with Crippen LogP contribution in [0.15, 0.2) is 91.0 Å². The minimum atomic E-state index is -1.10. The zero-order valence-electron chi connectivity index (χ0n) is 33.4. The number of fused-ring (bicyclic) bond motifs is 1. The number of benzene rings is 4. The quantitative estimate of drug-likeness (QED) is 0.0973. The van der Waals surface area contributed by atoms with Crippen LogP contribution in [0.5, 0.6) is 5.75 Å². The van der Waals surface area contributed by atoms with Crippen molar-refractivity contribution in [3.8, 4) is 5.75 Å². The van der Waals surface area contributed by atoms with Crippen molar-refractivity contribution in [3.05, 3.63) is 125 Å². The number of nitrogens with one attached hydrogen (secondary N) is 1. The fourth-order valence-electron chi connectivity index (χ4n) is 9.44. The molecular weight excluding hydrogens is 769 g/mol. The molecule has 12 heteroatoms. The van der Waals surface area contributed by atoms with E-state index in [4.69, 9.17) is 11.6 Å². The van der Waals surface area contributed by atoms with Crippen LogP contribution >= 0.6 is 11.6 Å². The highest BCUT2D eigenvalue weighted by Gasteiger charge is 2.45. The van der Waals surface area contributed by atoms with E-state index in [2.05, 4.69) is 65.4 Å². The molecule has 59 heavy (non-hydrogen) atoms. The van der Waals surface area contributed by atoms with Crippen molar-refractivity contribution in [1.29, 1.82) is 0 Å². The number of rotatable bonds is 10. The van der Waals surface area contributed by atoms with Gasteiger partial charge in [-0.05, 0) is 110 Å². The third-order valence-corrected chi connectivity index (χ3v) is 12.7. The number of carbonyl (C=O) groups excluding carboxylic acids is 4. The van der Waals surface area contributed by atoms with Crippen LogP contribution in [0.2, 0.25) is 0 Å². The Morgan fingerprint density at radius 2 is 1.39 bits per heavy atom. The predicted molar refractivity (Wildman–Crippen MR) is 228 cm³/mol. The van der Waals surface area contributed by atoms with Crippen LogP contribution in [0.3, 0.4) is 0 Å². The second-order valence-corrected chi connectivity index (χ2v) is 16.7. The number of allylic oxidation sites excluding steroid dienone is 1. The summed E-state index contributed by atoms with van der Waals surface area (Å²) in [5, 5.41) is 12.2. The summed E-state index contributed by atoms with van der Waals surface area (Å²) in [6.07, 6.45) is 2.86. The van der Waals surface area contributed by atoms with Crippen molar-refractivity contribution in [2.45, 2.75) is 64.1 Å². The van der Waals surface area contributed by atoms with Crippen molar-refractivity contribution < 1.29 is 28.7 Å². The highest BCUT2D eigenvalue weighted by molar-refractivity contribution is 6.24. The first kappa shape index (κ1) is 40.3. The number of halogens is 2. The topological polar surface area (TPSA) is 113 Å². The summed E-state index contributed by atoms with van der Waals surface area (Å²) in [5.74, 6) is -1.86. The summed E-state index contributed by atoms with van der Waals surface area (Å²) < 4.78 is 15.7. The first-order chi connectivity index (χ1) is 28.5. The molecule has 3 saturated heterocycles. The normalized spacial score (nSPS) is 22.1. The summed E-state index contributed by atoms with van der Waals surface area (Å²) in [6.45, 7) is 8.24. The van der Waals surface area contributed by atoms with Crippen LogP contribution in [-0.2, 0) is 9.59 Å². The van der Waals surface area contributed by atoms with Gasteiger partial charge < -0.3 is 14.9 Å². The van der Waals surface area contributed by atoms with E-state index in [0.29, 0.717) is 31.3 Å². The lowest BCUT2D eigenvalue weighted by Crippen LogP contribution is -2.58. The third-order valence-electron chi connectivity index (χ3n) is 12.5. The standard InChI is InChI=1S/C47H49ClFN5O5/c1-29-26-52(42-25-39-38(24-40(42)49)46(58)54(47(39)59)41-16-17-43(56)50-45(41)57)27-30(2)53(29)28-31-19-22-51(23-20-31)35-12-8-33(9-13-35)44(34-10-14-36(55)15-11-34)37(18-21-48)32-6-4-3-5-7-32/h3-15,24-25,29-31,41,55H,16-23,26-28H2,1-2H3,(H,50,56,57). The van der Waals surface area contributed by atoms with E-state index in [1.165, 1.54) is 11.8 Å². The maximum Gasteiger partial charge on any atom is 0.262 e. The van der Waals surface area contributed by atoms with Crippen LogP contribution in [0.4, 0.5) is 15.8 Å². The summed E-state index contributed by atoms with van der Waals surface area (Å²) in [7, 11) is 0. The van der Waals surface area contributed by atoms with E-state index in [1.54, 1.807) is 12.1 Å². The summed E-state index contributed by atoms with van der Waals surface area (Å²) in [6, 6.07) is 28.2. The van der Waals surface area contributed by atoms with E-state index in [1.807, 2.05) is 35.2 Å².